The number of likely N-dealkylation sites (tertiary alicyclic amines) is 1. The number of carbonyl (C=O) groups excluding carboxylic acids is 5. The Bertz CT molecular complexity index is 822. The summed E-state index contributed by atoms with van der Waals surface area (Å²) in [7, 11) is 0. The molecule has 3 aliphatic heterocycles. The number of nitrogens with one attached hydrogen (secondary N) is 2. The van der Waals surface area contributed by atoms with E-state index in [2.05, 4.69) is 10.6 Å². The molecule has 2 fully saturated rings. The van der Waals surface area contributed by atoms with E-state index in [1.165, 1.54) is 11.1 Å². The summed E-state index contributed by atoms with van der Waals surface area (Å²) in [5, 5.41) is 5.26. The van der Waals surface area contributed by atoms with Gasteiger partial charge in [0.2, 0.25) is 29.5 Å². The van der Waals surface area contributed by atoms with E-state index in [9.17, 15) is 24.0 Å². The molecule has 1 unspecified atom stereocenters. The third-order valence-electron chi connectivity index (χ3n) is 5.46. The molecule has 30 heavy (non-hydrogen) atoms. The molecule has 11 nitrogen and oxygen atoms in total. The number of carbonyl (C=O) groups is 5. The predicted molar refractivity (Wildman–Crippen MR) is 105 cm³/mol. The molecular formula is C19H26N6O5. The average molecular weight is 418 g/mol. The standard InChI is InChI=1S/C19H26N6O5/c20-16(27)11-3-1-7-24(9-11)10-13(23-18(29)12-5-6-15(26)22-12)19(30)25-8-2-4-14(25)17(21)28/h1,7,9,12-14H,2-6,8,10H2,(H2,20,27)(H2,21,28)(H,22,26)(H,23,29)/t12-,13?,14-/m0/s1. The Balaban J connectivity index is 1.78. The average Bonchev–Trinajstić information content (AvgIpc) is 3.36. The minimum atomic E-state index is -1.01. The Hall–Kier alpha value is -3.37. The lowest BCUT2D eigenvalue weighted by molar-refractivity contribution is -0.141. The van der Waals surface area contributed by atoms with Gasteiger partial charge >= 0.3 is 0 Å². The summed E-state index contributed by atoms with van der Waals surface area (Å²) < 4.78 is 0. The third-order valence-corrected chi connectivity index (χ3v) is 5.46. The Morgan fingerprint density at radius 2 is 2.00 bits per heavy atom. The fraction of sp³-hybridized carbons (Fsp3) is 0.526. The minimum absolute atomic E-state index is 0.0283. The van der Waals surface area contributed by atoms with Crippen LogP contribution in [0, 0.1) is 0 Å². The second-order valence-corrected chi connectivity index (χ2v) is 7.62. The molecule has 0 aromatic carbocycles. The van der Waals surface area contributed by atoms with Crippen molar-refractivity contribution in [3.63, 3.8) is 0 Å². The number of allylic oxidation sites excluding steroid dienone is 1. The van der Waals surface area contributed by atoms with Crippen LogP contribution in [0.4, 0.5) is 0 Å². The quantitative estimate of drug-likeness (QED) is 0.366. The van der Waals surface area contributed by atoms with Gasteiger partial charge in [0.1, 0.15) is 18.1 Å². The van der Waals surface area contributed by atoms with Crippen LogP contribution < -0.4 is 22.1 Å². The molecule has 3 heterocycles. The van der Waals surface area contributed by atoms with Crippen LogP contribution in [0.25, 0.3) is 0 Å². The van der Waals surface area contributed by atoms with Gasteiger partial charge in [0, 0.05) is 24.7 Å². The summed E-state index contributed by atoms with van der Waals surface area (Å²) in [6.07, 6.45) is 7.00. The summed E-state index contributed by atoms with van der Waals surface area (Å²) in [4.78, 5) is 63.5. The van der Waals surface area contributed by atoms with Crippen molar-refractivity contribution in [2.24, 2.45) is 11.5 Å². The van der Waals surface area contributed by atoms with E-state index in [1.54, 1.807) is 17.2 Å². The second kappa shape index (κ2) is 8.97. The maximum Gasteiger partial charge on any atom is 0.247 e. The van der Waals surface area contributed by atoms with Crippen LogP contribution in [-0.4, -0.2) is 70.6 Å². The Morgan fingerprint density at radius 1 is 1.23 bits per heavy atom. The molecule has 0 bridgehead atoms. The lowest BCUT2D eigenvalue weighted by Gasteiger charge is -2.31. The highest BCUT2D eigenvalue weighted by Crippen LogP contribution is 2.20. The number of nitrogens with zero attached hydrogens (tertiary/aromatic N) is 2. The normalized spacial score (nSPS) is 24.3. The van der Waals surface area contributed by atoms with Gasteiger partial charge in [-0.2, -0.15) is 0 Å². The Morgan fingerprint density at radius 3 is 2.63 bits per heavy atom. The third kappa shape index (κ3) is 4.78. The molecule has 3 atom stereocenters. The molecular weight excluding hydrogens is 392 g/mol. The molecule has 0 spiro atoms. The summed E-state index contributed by atoms with van der Waals surface area (Å²) in [5.74, 6) is -2.31. The van der Waals surface area contributed by atoms with E-state index in [1.807, 2.05) is 0 Å². The molecule has 3 aliphatic rings. The van der Waals surface area contributed by atoms with Crippen LogP contribution in [0.1, 0.15) is 32.1 Å². The first kappa shape index (κ1) is 21.3. The van der Waals surface area contributed by atoms with Gasteiger partial charge in [0.25, 0.3) is 0 Å². The maximum absolute atomic E-state index is 13.2. The lowest BCUT2D eigenvalue weighted by Crippen LogP contribution is -2.57. The van der Waals surface area contributed by atoms with Crippen molar-refractivity contribution >= 4 is 29.5 Å². The zero-order valence-electron chi connectivity index (χ0n) is 16.5. The number of hydrogen-bond donors (Lipinski definition) is 4. The number of primary amides is 2. The van der Waals surface area contributed by atoms with Gasteiger partial charge in [-0.05, 0) is 31.9 Å². The number of amides is 5. The van der Waals surface area contributed by atoms with E-state index in [-0.39, 0.29) is 18.9 Å². The van der Waals surface area contributed by atoms with Crippen LogP contribution in [0.3, 0.4) is 0 Å². The molecule has 162 valence electrons. The number of rotatable bonds is 7. The van der Waals surface area contributed by atoms with Gasteiger partial charge in [-0.1, -0.05) is 6.08 Å². The summed E-state index contributed by atoms with van der Waals surface area (Å²) in [6.45, 7) is 0.387. The van der Waals surface area contributed by atoms with Crippen LogP contribution >= 0.6 is 0 Å². The maximum atomic E-state index is 13.2. The van der Waals surface area contributed by atoms with E-state index < -0.39 is 41.8 Å². The van der Waals surface area contributed by atoms with E-state index in [0.29, 0.717) is 37.8 Å². The zero-order valence-corrected chi connectivity index (χ0v) is 16.5. The molecule has 3 rings (SSSR count). The fourth-order valence-electron chi connectivity index (χ4n) is 3.89. The topological polar surface area (TPSA) is 168 Å². The van der Waals surface area contributed by atoms with Crippen molar-refractivity contribution in [1.29, 1.82) is 0 Å². The van der Waals surface area contributed by atoms with Crippen molar-refractivity contribution < 1.29 is 24.0 Å². The van der Waals surface area contributed by atoms with Crippen LogP contribution in [0.5, 0.6) is 0 Å². The van der Waals surface area contributed by atoms with Gasteiger partial charge < -0.3 is 31.9 Å². The van der Waals surface area contributed by atoms with Crippen molar-refractivity contribution in [3.8, 4) is 0 Å². The van der Waals surface area contributed by atoms with Crippen molar-refractivity contribution in [2.45, 2.75) is 50.2 Å². The zero-order chi connectivity index (χ0) is 21.8. The molecule has 6 N–H and O–H groups in total. The smallest absolute Gasteiger partial charge is 0.247 e. The molecule has 2 saturated heterocycles. The molecule has 0 radical (unpaired) electrons. The summed E-state index contributed by atoms with van der Waals surface area (Å²) in [6, 6.07) is -2.45. The van der Waals surface area contributed by atoms with Gasteiger partial charge in [0.05, 0.1) is 6.54 Å². The van der Waals surface area contributed by atoms with Gasteiger partial charge in [0.15, 0.2) is 0 Å². The molecule has 11 heteroatoms. The largest absolute Gasteiger partial charge is 0.368 e. The molecule has 0 aromatic heterocycles. The first-order valence-electron chi connectivity index (χ1n) is 9.88. The highest BCUT2D eigenvalue weighted by Gasteiger charge is 2.38. The molecule has 5 amide bonds. The van der Waals surface area contributed by atoms with E-state index in [4.69, 9.17) is 11.5 Å². The van der Waals surface area contributed by atoms with Gasteiger partial charge in [-0.15, -0.1) is 0 Å². The van der Waals surface area contributed by atoms with Crippen LogP contribution in [0.2, 0.25) is 0 Å². The summed E-state index contributed by atoms with van der Waals surface area (Å²) in [5.41, 5.74) is 11.1. The monoisotopic (exact) mass is 418 g/mol. The second-order valence-electron chi connectivity index (χ2n) is 7.62. The van der Waals surface area contributed by atoms with E-state index >= 15 is 0 Å². The molecule has 0 aromatic rings. The highest BCUT2D eigenvalue weighted by atomic mass is 16.2. The van der Waals surface area contributed by atoms with Crippen LogP contribution in [-0.2, 0) is 24.0 Å². The Labute approximate surface area is 173 Å². The highest BCUT2D eigenvalue weighted by molar-refractivity contribution is 5.96. The molecule has 0 aliphatic carbocycles. The minimum Gasteiger partial charge on any atom is -0.368 e. The first-order valence-corrected chi connectivity index (χ1v) is 9.88. The van der Waals surface area contributed by atoms with Crippen molar-refractivity contribution in [2.75, 3.05) is 13.1 Å². The van der Waals surface area contributed by atoms with Crippen LogP contribution in [0.15, 0.2) is 24.0 Å². The van der Waals surface area contributed by atoms with Gasteiger partial charge in [-0.25, -0.2) is 0 Å². The van der Waals surface area contributed by atoms with E-state index in [0.717, 1.165) is 0 Å². The number of hydrogen-bond acceptors (Lipinski definition) is 6. The van der Waals surface area contributed by atoms with Crippen molar-refractivity contribution in [1.82, 2.24) is 20.4 Å². The first-order chi connectivity index (χ1) is 14.3. The number of nitrogens with two attached hydrogens (primary N) is 2. The predicted octanol–water partition coefficient (Wildman–Crippen LogP) is -2.19. The fourth-order valence-corrected chi connectivity index (χ4v) is 3.89. The summed E-state index contributed by atoms with van der Waals surface area (Å²) >= 11 is 0. The lowest BCUT2D eigenvalue weighted by atomic mass is 10.1. The van der Waals surface area contributed by atoms with Gasteiger partial charge in [-0.3, -0.25) is 24.0 Å². The molecule has 0 saturated carbocycles. The van der Waals surface area contributed by atoms with Crippen molar-refractivity contribution in [3.05, 3.63) is 24.0 Å². The Kier molecular flexibility index (Phi) is 6.38. The SMILES string of the molecule is NC(=O)C1=CN(CC(NC(=O)[C@@H]2CCC(=O)N2)C(=O)N2CCC[C@H]2C(N)=O)C=CC1.